The minimum Gasteiger partial charge on any atom is -0.351 e. The summed E-state index contributed by atoms with van der Waals surface area (Å²) in [5.41, 5.74) is 0.208. The van der Waals surface area contributed by atoms with Crippen LogP contribution in [0.15, 0.2) is 0 Å². The maximum Gasteiger partial charge on any atom is 0.220 e. The fraction of sp³-hybridized carbons (Fsp3) is 0.944. The third kappa shape index (κ3) is 2.99. The van der Waals surface area contributed by atoms with Crippen molar-refractivity contribution in [1.29, 1.82) is 0 Å². The van der Waals surface area contributed by atoms with Crippen LogP contribution >= 0.6 is 0 Å². The molecule has 118 valence electrons. The Balaban J connectivity index is 1.30. The van der Waals surface area contributed by atoms with Gasteiger partial charge in [-0.25, -0.2) is 0 Å². The van der Waals surface area contributed by atoms with Gasteiger partial charge in [-0.1, -0.05) is 0 Å². The van der Waals surface area contributed by atoms with Crippen LogP contribution in [0.1, 0.15) is 64.2 Å². The van der Waals surface area contributed by atoms with E-state index in [2.05, 4.69) is 10.6 Å². The highest BCUT2D eigenvalue weighted by molar-refractivity contribution is 5.76. The van der Waals surface area contributed by atoms with E-state index in [9.17, 15) is 4.79 Å². The van der Waals surface area contributed by atoms with Gasteiger partial charge in [-0.15, -0.1) is 0 Å². The fourth-order valence-electron chi connectivity index (χ4n) is 6.13. The standard InChI is InChI=1S/C18H30N2O/c21-17(2-1-13-3-5-19-6-4-13)20-18-10-14-7-15(11-18)9-16(8-14)12-18/h13-16,19H,1-12H2,(H,20,21). The Morgan fingerprint density at radius 2 is 1.57 bits per heavy atom. The lowest BCUT2D eigenvalue weighted by molar-refractivity contribution is -0.127. The van der Waals surface area contributed by atoms with Crippen LogP contribution in [0.25, 0.3) is 0 Å². The number of rotatable bonds is 4. The molecule has 0 unspecified atom stereocenters. The molecule has 1 aliphatic heterocycles. The van der Waals surface area contributed by atoms with Crippen LogP contribution in [0.3, 0.4) is 0 Å². The molecule has 3 heteroatoms. The highest BCUT2D eigenvalue weighted by Crippen LogP contribution is 2.55. The molecule has 4 aliphatic carbocycles. The first-order chi connectivity index (χ1) is 10.2. The number of hydrogen-bond acceptors (Lipinski definition) is 2. The van der Waals surface area contributed by atoms with E-state index in [1.165, 1.54) is 51.4 Å². The van der Waals surface area contributed by atoms with Gasteiger partial charge in [0.15, 0.2) is 0 Å². The van der Waals surface area contributed by atoms with Crippen LogP contribution in [-0.4, -0.2) is 24.5 Å². The van der Waals surface area contributed by atoms with Crippen LogP contribution in [0.2, 0.25) is 0 Å². The lowest BCUT2D eigenvalue weighted by Gasteiger charge is -2.57. The van der Waals surface area contributed by atoms with E-state index in [0.29, 0.717) is 5.91 Å². The first-order valence-electron chi connectivity index (χ1n) is 9.22. The Morgan fingerprint density at radius 3 is 2.14 bits per heavy atom. The number of piperidine rings is 1. The van der Waals surface area contributed by atoms with Crippen LogP contribution in [-0.2, 0) is 4.79 Å². The third-order valence-corrected chi connectivity index (χ3v) is 6.68. The predicted molar refractivity (Wildman–Crippen MR) is 83.9 cm³/mol. The zero-order valence-corrected chi connectivity index (χ0v) is 13.2. The molecule has 1 amide bonds. The summed E-state index contributed by atoms with van der Waals surface area (Å²) in [6.07, 6.45) is 12.5. The molecular formula is C18H30N2O. The van der Waals surface area contributed by atoms with Crippen LogP contribution in [0, 0.1) is 23.7 Å². The zero-order chi connectivity index (χ0) is 14.3. The van der Waals surface area contributed by atoms with Gasteiger partial charge in [0.1, 0.15) is 0 Å². The van der Waals surface area contributed by atoms with Crippen LogP contribution in [0.4, 0.5) is 0 Å². The first-order valence-corrected chi connectivity index (χ1v) is 9.22. The lowest BCUT2D eigenvalue weighted by Crippen LogP contribution is -2.59. The van der Waals surface area contributed by atoms with Crippen molar-refractivity contribution in [2.75, 3.05) is 13.1 Å². The Hall–Kier alpha value is -0.570. The molecule has 1 saturated heterocycles. The van der Waals surface area contributed by atoms with E-state index >= 15 is 0 Å². The van der Waals surface area contributed by atoms with Gasteiger partial charge in [-0.3, -0.25) is 4.79 Å². The van der Waals surface area contributed by atoms with Gasteiger partial charge in [-0.2, -0.15) is 0 Å². The van der Waals surface area contributed by atoms with Crippen LogP contribution in [0.5, 0.6) is 0 Å². The molecule has 0 aromatic heterocycles. The third-order valence-electron chi connectivity index (χ3n) is 6.68. The van der Waals surface area contributed by atoms with Crippen molar-refractivity contribution >= 4 is 5.91 Å². The highest BCUT2D eigenvalue weighted by Gasteiger charge is 2.51. The Morgan fingerprint density at radius 1 is 1.00 bits per heavy atom. The summed E-state index contributed by atoms with van der Waals surface area (Å²) in [5, 5.41) is 6.91. The second kappa shape index (κ2) is 5.57. The number of carbonyl (C=O) groups is 1. The number of hydrogen-bond donors (Lipinski definition) is 2. The average Bonchev–Trinajstić information content (AvgIpc) is 2.44. The molecule has 3 nitrogen and oxygen atoms in total. The fourth-order valence-corrected chi connectivity index (χ4v) is 6.13. The van der Waals surface area contributed by atoms with Gasteiger partial charge in [0, 0.05) is 12.0 Å². The summed E-state index contributed by atoms with van der Waals surface area (Å²) in [6, 6.07) is 0. The van der Waals surface area contributed by atoms with Gasteiger partial charge >= 0.3 is 0 Å². The number of carbonyl (C=O) groups excluding carboxylic acids is 1. The monoisotopic (exact) mass is 290 g/mol. The predicted octanol–water partition coefficient (Wildman–Crippen LogP) is 2.85. The molecule has 5 aliphatic rings. The Kier molecular flexibility index (Phi) is 3.72. The van der Waals surface area contributed by atoms with Crippen molar-refractivity contribution in [3.63, 3.8) is 0 Å². The quantitative estimate of drug-likeness (QED) is 0.836. The molecule has 0 spiro atoms. The SMILES string of the molecule is O=C(CCC1CCNCC1)NC12CC3CC(CC(C3)C1)C2. The van der Waals surface area contributed by atoms with E-state index in [4.69, 9.17) is 0 Å². The molecule has 0 aromatic rings. The number of nitrogens with one attached hydrogen (secondary N) is 2. The largest absolute Gasteiger partial charge is 0.351 e. The van der Waals surface area contributed by atoms with Crippen molar-refractivity contribution < 1.29 is 4.79 Å². The first kappa shape index (κ1) is 14.0. The molecule has 0 aromatic carbocycles. The summed E-state index contributed by atoms with van der Waals surface area (Å²) in [6.45, 7) is 2.28. The smallest absolute Gasteiger partial charge is 0.220 e. The molecule has 5 fully saturated rings. The maximum absolute atomic E-state index is 12.4. The molecule has 0 atom stereocenters. The minimum atomic E-state index is 0.208. The van der Waals surface area contributed by atoms with E-state index in [1.807, 2.05) is 0 Å². The van der Waals surface area contributed by atoms with Crippen molar-refractivity contribution in [1.82, 2.24) is 10.6 Å². The molecule has 4 bridgehead atoms. The van der Waals surface area contributed by atoms with E-state index in [-0.39, 0.29) is 5.54 Å². The van der Waals surface area contributed by atoms with Gasteiger partial charge < -0.3 is 10.6 Å². The molecule has 2 N–H and O–H groups in total. The molecule has 0 radical (unpaired) electrons. The van der Waals surface area contributed by atoms with Gasteiger partial charge in [0.05, 0.1) is 0 Å². The maximum atomic E-state index is 12.4. The van der Waals surface area contributed by atoms with Gasteiger partial charge in [-0.05, 0) is 94.5 Å². The lowest BCUT2D eigenvalue weighted by atomic mass is 9.53. The molecular weight excluding hydrogens is 260 g/mol. The molecule has 1 heterocycles. The Bertz CT molecular complexity index is 365. The Labute approximate surface area is 128 Å². The highest BCUT2D eigenvalue weighted by atomic mass is 16.1. The second-order valence-corrected chi connectivity index (χ2v) is 8.48. The summed E-state index contributed by atoms with van der Waals surface area (Å²) in [7, 11) is 0. The molecule has 4 saturated carbocycles. The van der Waals surface area contributed by atoms with E-state index in [0.717, 1.165) is 49.6 Å². The topological polar surface area (TPSA) is 41.1 Å². The average molecular weight is 290 g/mol. The van der Waals surface area contributed by atoms with E-state index < -0.39 is 0 Å². The minimum absolute atomic E-state index is 0.208. The van der Waals surface area contributed by atoms with Crippen molar-refractivity contribution in [2.24, 2.45) is 23.7 Å². The summed E-state index contributed by atoms with van der Waals surface area (Å²) < 4.78 is 0. The van der Waals surface area contributed by atoms with E-state index in [1.54, 1.807) is 0 Å². The summed E-state index contributed by atoms with van der Waals surface area (Å²) in [5.74, 6) is 3.87. The molecule has 5 rings (SSSR count). The van der Waals surface area contributed by atoms with Crippen molar-refractivity contribution in [3.8, 4) is 0 Å². The zero-order valence-electron chi connectivity index (χ0n) is 13.2. The van der Waals surface area contributed by atoms with Crippen LogP contribution < -0.4 is 10.6 Å². The molecule has 21 heavy (non-hydrogen) atoms. The van der Waals surface area contributed by atoms with Gasteiger partial charge in [0.2, 0.25) is 5.91 Å². The second-order valence-electron chi connectivity index (χ2n) is 8.48. The number of amides is 1. The normalized spacial score (nSPS) is 42.2. The van der Waals surface area contributed by atoms with Crippen molar-refractivity contribution in [2.45, 2.75) is 69.7 Å². The summed E-state index contributed by atoms with van der Waals surface area (Å²) in [4.78, 5) is 12.4. The van der Waals surface area contributed by atoms with Gasteiger partial charge in [0.25, 0.3) is 0 Å². The summed E-state index contributed by atoms with van der Waals surface area (Å²) >= 11 is 0. The van der Waals surface area contributed by atoms with Crippen molar-refractivity contribution in [3.05, 3.63) is 0 Å².